The summed E-state index contributed by atoms with van der Waals surface area (Å²) in [5, 5.41) is 10.6. The Morgan fingerprint density at radius 2 is 1.88 bits per heavy atom. The second-order valence-electron chi connectivity index (χ2n) is 7.75. The molecule has 0 aliphatic heterocycles. The van der Waals surface area contributed by atoms with E-state index in [1.807, 2.05) is 6.07 Å². The van der Waals surface area contributed by atoms with Gasteiger partial charge in [0.1, 0.15) is 11.8 Å². The Kier molecular flexibility index (Phi) is 8.89. The molecule has 0 spiro atoms. The van der Waals surface area contributed by atoms with E-state index in [2.05, 4.69) is 23.0 Å². The molecule has 1 N–H and O–H groups in total. The van der Waals surface area contributed by atoms with E-state index in [1.165, 1.54) is 38.5 Å². The Hall–Kier alpha value is -3.10. The molecule has 5 nitrogen and oxygen atoms in total. The molecule has 0 atom stereocenters. The summed E-state index contributed by atoms with van der Waals surface area (Å²) in [6, 6.07) is 14.5. The smallest absolute Gasteiger partial charge is 0.259 e. The van der Waals surface area contributed by atoms with Gasteiger partial charge >= 0.3 is 0 Å². The third-order valence-corrected chi connectivity index (χ3v) is 5.60. The first-order valence-electron chi connectivity index (χ1n) is 11.2. The van der Waals surface area contributed by atoms with Gasteiger partial charge in [-0.05, 0) is 48.4 Å². The second-order valence-corrected chi connectivity index (χ2v) is 8.16. The van der Waals surface area contributed by atoms with Crippen LogP contribution in [0.4, 0.5) is 0 Å². The fourth-order valence-electron chi connectivity index (χ4n) is 3.49. The SMILES string of the molecule is CCCCCCCCCOc1ccc(/C=C(/C#N)c2nc3ccccc3c(=O)[nH]2)c(Cl)c1. The van der Waals surface area contributed by atoms with E-state index >= 15 is 0 Å². The minimum absolute atomic E-state index is 0.214. The van der Waals surface area contributed by atoms with Gasteiger partial charge in [0, 0.05) is 0 Å². The van der Waals surface area contributed by atoms with Gasteiger partial charge < -0.3 is 9.72 Å². The van der Waals surface area contributed by atoms with Gasteiger partial charge in [-0.2, -0.15) is 5.26 Å². The Morgan fingerprint density at radius 1 is 1.12 bits per heavy atom. The van der Waals surface area contributed by atoms with Crippen LogP contribution in [0.15, 0.2) is 47.3 Å². The van der Waals surface area contributed by atoms with Crippen LogP contribution in [0.2, 0.25) is 5.02 Å². The number of nitrogens with one attached hydrogen (secondary N) is 1. The number of benzene rings is 2. The lowest BCUT2D eigenvalue weighted by atomic mass is 10.1. The summed E-state index contributed by atoms with van der Waals surface area (Å²) in [4.78, 5) is 19.4. The van der Waals surface area contributed by atoms with Gasteiger partial charge in [0.2, 0.25) is 0 Å². The van der Waals surface area contributed by atoms with Gasteiger partial charge in [-0.15, -0.1) is 0 Å². The van der Waals surface area contributed by atoms with E-state index in [0.717, 1.165) is 6.42 Å². The first-order chi connectivity index (χ1) is 15.6. The summed E-state index contributed by atoms with van der Waals surface area (Å²) in [7, 11) is 0. The Labute approximate surface area is 193 Å². The lowest BCUT2D eigenvalue weighted by Gasteiger charge is -2.08. The number of aromatic amines is 1. The van der Waals surface area contributed by atoms with Crippen LogP contribution < -0.4 is 10.3 Å². The molecule has 3 rings (SSSR count). The van der Waals surface area contributed by atoms with Crippen molar-refractivity contribution in [3.8, 4) is 11.8 Å². The number of hydrogen-bond donors (Lipinski definition) is 1. The second kappa shape index (κ2) is 12.1. The number of hydrogen-bond acceptors (Lipinski definition) is 4. The van der Waals surface area contributed by atoms with Crippen molar-refractivity contribution in [3.63, 3.8) is 0 Å². The third kappa shape index (κ3) is 6.45. The molecule has 0 aliphatic rings. The maximum atomic E-state index is 12.3. The quantitative estimate of drug-likeness (QED) is 0.259. The molecule has 0 unspecified atom stereocenters. The van der Waals surface area contributed by atoms with Gasteiger partial charge in [0.15, 0.2) is 5.82 Å². The van der Waals surface area contributed by atoms with Crippen LogP contribution in [-0.2, 0) is 0 Å². The summed E-state index contributed by atoms with van der Waals surface area (Å²) < 4.78 is 5.82. The van der Waals surface area contributed by atoms with Crippen molar-refractivity contribution in [2.24, 2.45) is 0 Å². The van der Waals surface area contributed by atoms with Crippen molar-refractivity contribution in [2.75, 3.05) is 6.61 Å². The number of unbranched alkanes of at least 4 members (excludes halogenated alkanes) is 6. The molecule has 6 heteroatoms. The highest BCUT2D eigenvalue weighted by Gasteiger charge is 2.10. The van der Waals surface area contributed by atoms with Crippen molar-refractivity contribution in [2.45, 2.75) is 51.9 Å². The Balaban J connectivity index is 1.65. The monoisotopic (exact) mass is 449 g/mol. The predicted molar refractivity (Wildman–Crippen MR) is 131 cm³/mol. The Bertz CT molecular complexity index is 1180. The zero-order chi connectivity index (χ0) is 22.8. The number of rotatable bonds is 11. The first kappa shape index (κ1) is 23.6. The van der Waals surface area contributed by atoms with Crippen LogP contribution >= 0.6 is 11.6 Å². The van der Waals surface area contributed by atoms with E-state index < -0.39 is 0 Å². The highest BCUT2D eigenvalue weighted by atomic mass is 35.5. The summed E-state index contributed by atoms with van der Waals surface area (Å²) in [5.41, 5.74) is 1.13. The average Bonchev–Trinajstić information content (AvgIpc) is 2.80. The van der Waals surface area contributed by atoms with Crippen molar-refractivity contribution in [1.29, 1.82) is 5.26 Å². The fraction of sp³-hybridized carbons (Fsp3) is 0.346. The molecule has 1 heterocycles. The lowest BCUT2D eigenvalue weighted by Crippen LogP contribution is -2.11. The van der Waals surface area contributed by atoms with Crippen LogP contribution in [0.25, 0.3) is 22.6 Å². The topological polar surface area (TPSA) is 78.8 Å². The van der Waals surface area contributed by atoms with Crippen LogP contribution in [0, 0.1) is 11.3 Å². The highest BCUT2D eigenvalue weighted by Crippen LogP contribution is 2.26. The normalized spacial score (nSPS) is 11.5. The standard InChI is InChI=1S/C26H28ClN3O2/c1-2-3-4-5-6-7-10-15-32-21-14-13-19(23(27)17-21)16-20(18-28)25-29-24-12-9-8-11-22(24)26(31)30-25/h8-9,11-14,16-17H,2-7,10,15H2,1H3,(H,29,30,31)/b20-16-. The minimum atomic E-state index is -0.285. The molecule has 0 bridgehead atoms. The summed E-state index contributed by atoms with van der Waals surface area (Å²) in [6.07, 6.45) is 10.2. The van der Waals surface area contributed by atoms with E-state index in [1.54, 1.807) is 42.5 Å². The summed E-state index contributed by atoms with van der Waals surface area (Å²) >= 11 is 6.43. The molecule has 0 fully saturated rings. The molecule has 1 aromatic heterocycles. The number of nitrogens with zero attached hydrogens (tertiary/aromatic N) is 2. The minimum Gasteiger partial charge on any atom is -0.494 e. The molecule has 3 aromatic rings. The number of halogens is 1. The van der Waals surface area contributed by atoms with Crippen LogP contribution in [0.1, 0.15) is 63.3 Å². The molecule has 32 heavy (non-hydrogen) atoms. The van der Waals surface area contributed by atoms with E-state index in [-0.39, 0.29) is 17.0 Å². The number of ether oxygens (including phenoxy) is 1. The maximum Gasteiger partial charge on any atom is 0.259 e. The van der Waals surface area contributed by atoms with Crippen molar-refractivity contribution in [3.05, 3.63) is 69.2 Å². The van der Waals surface area contributed by atoms with Crippen molar-refractivity contribution in [1.82, 2.24) is 9.97 Å². The zero-order valence-electron chi connectivity index (χ0n) is 18.4. The van der Waals surface area contributed by atoms with E-state index in [0.29, 0.717) is 33.8 Å². The molecule has 0 amide bonds. The lowest BCUT2D eigenvalue weighted by molar-refractivity contribution is 0.304. The number of H-pyrrole nitrogens is 1. The van der Waals surface area contributed by atoms with Crippen LogP contribution in [0.5, 0.6) is 5.75 Å². The molecule has 166 valence electrons. The van der Waals surface area contributed by atoms with Crippen molar-refractivity contribution < 1.29 is 4.74 Å². The van der Waals surface area contributed by atoms with Crippen LogP contribution in [0.3, 0.4) is 0 Å². The highest BCUT2D eigenvalue weighted by molar-refractivity contribution is 6.32. The number of fused-ring (bicyclic) bond motifs is 1. The summed E-state index contributed by atoms with van der Waals surface area (Å²) in [6.45, 7) is 2.88. The van der Waals surface area contributed by atoms with E-state index in [4.69, 9.17) is 16.3 Å². The van der Waals surface area contributed by atoms with Gasteiger partial charge in [-0.25, -0.2) is 4.98 Å². The average molecular weight is 450 g/mol. The molecule has 0 saturated carbocycles. The number of aromatic nitrogens is 2. The third-order valence-electron chi connectivity index (χ3n) is 5.28. The molecule has 0 aliphatic carbocycles. The van der Waals surface area contributed by atoms with Gasteiger partial charge in [-0.3, -0.25) is 4.79 Å². The Morgan fingerprint density at radius 3 is 2.62 bits per heavy atom. The predicted octanol–water partition coefficient (Wildman–Crippen LogP) is 6.77. The van der Waals surface area contributed by atoms with Gasteiger partial charge in [0.25, 0.3) is 5.56 Å². The summed E-state index contributed by atoms with van der Waals surface area (Å²) in [5.74, 6) is 0.917. The molecular formula is C26H28ClN3O2. The molecular weight excluding hydrogens is 422 g/mol. The molecule has 2 aromatic carbocycles. The fourth-order valence-corrected chi connectivity index (χ4v) is 3.71. The van der Waals surface area contributed by atoms with Gasteiger partial charge in [-0.1, -0.05) is 69.2 Å². The number of allylic oxidation sites excluding steroid dienone is 1. The van der Waals surface area contributed by atoms with Crippen molar-refractivity contribution >= 4 is 34.2 Å². The number of para-hydroxylation sites is 1. The zero-order valence-corrected chi connectivity index (χ0v) is 19.1. The first-order valence-corrected chi connectivity index (χ1v) is 11.5. The van der Waals surface area contributed by atoms with Crippen LogP contribution in [-0.4, -0.2) is 16.6 Å². The van der Waals surface area contributed by atoms with Gasteiger partial charge in [0.05, 0.1) is 28.1 Å². The largest absolute Gasteiger partial charge is 0.494 e. The maximum absolute atomic E-state index is 12.3. The number of nitriles is 1. The van der Waals surface area contributed by atoms with E-state index in [9.17, 15) is 10.1 Å². The molecule has 0 radical (unpaired) electrons. The molecule has 0 saturated heterocycles.